The number of esters is 1. The van der Waals surface area contributed by atoms with Gasteiger partial charge >= 0.3 is 12.1 Å². The van der Waals surface area contributed by atoms with Gasteiger partial charge in [0.15, 0.2) is 0 Å². The van der Waals surface area contributed by atoms with Gasteiger partial charge in [0.1, 0.15) is 23.1 Å². The number of hydrogen-bond acceptors (Lipinski definition) is 5. The van der Waals surface area contributed by atoms with E-state index in [9.17, 15) is 28.0 Å². The highest BCUT2D eigenvalue weighted by molar-refractivity contribution is 6.10. The highest BCUT2D eigenvalue weighted by Crippen LogP contribution is 2.34. The molecular formula is C25H17F3N2O4. The molecule has 0 saturated carbocycles. The molecule has 0 aromatic heterocycles. The predicted octanol–water partition coefficient (Wildman–Crippen LogP) is 5.48. The third-order valence-electron chi connectivity index (χ3n) is 4.57. The lowest BCUT2D eigenvalue weighted by Gasteiger charge is -2.13. The van der Waals surface area contributed by atoms with Gasteiger partial charge in [0.25, 0.3) is 5.91 Å². The second-order valence-electron chi connectivity index (χ2n) is 6.85. The summed E-state index contributed by atoms with van der Waals surface area (Å²) in [5.41, 5.74) is -1.17. The van der Waals surface area contributed by atoms with E-state index in [1.54, 1.807) is 30.3 Å². The van der Waals surface area contributed by atoms with Gasteiger partial charge in [-0.2, -0.15) is 18.4 Å². The summed E-state index contributed by atoms with van der Waals surface area (Å²) in [4.78, 5) is 24.6. The molecule has 172 valence electrons. The summed E-state index contributed by atoms with van der Waals surface area (Å²) in [5, 5.41) is 11.4. The first-order valence-electron chi connectivity index (χ1n) is 9.77. The molecule has 0 fully saturated rings. The van der Waals surface area contributed by atoms with Gasteiger partial charge in [-0.1, -0.05) is 24.3 Å². The van der Waals surface area contributed by atoms with E-state index in [-0.39, 0.29) is 5.75 Å². The largest absolute Gasteiger partial charge is 0.497 e. The van der Waals surface area contributed by atoms with Gasteiger partial charge in [0, 0.05) is 0 Å². The van der Waals surface area contributed by atoms with Gasteiger partial charge in [-0.05, 0) is 60.2 Å². The summed E-state index contributed by atoms with van der Waals surface area (Å²) < 4.78 is 49.7. The summed E-state index contributed by atoms with van der Waals surface area (Å²) >= 11 is 0. The third-order valence-corrected chi connectivity index (χ3v) is 4.57. The number of amides is 1. The number of nitrogens with one attached hydrogen (secondary N) is 1. The number of rotatable bonds is 6. The molecular weight excluding hydrogens is 449 g/mol. The minimum atomic E-state index is -4.67. The maximum absolute atomic E-state index is 13.1. The van der Waals surface area contributed by atoms with Crippen LogP contribution in [0.1, 0.15) is 21.5 Å². The van der Waals surface area contributed by atoms with Crippen LogP contribution in [0.3, 0.4) is 0 Å². The molecule has 0 aliphatic carbocycles. The Morgan fingerprint density at radius 2 is 1.56 bits per heavy atom. The number of para-hydroxylation sites is 1. The van der Waals surface area contributed by atoms with Crippen molar-refractivity contribution in [3.63, 3.8) is 0 Å². The number of ether oxygens (including phenoxy) is 2. The molecule has 0 heterocycles. The molecule has 34 heavy (non-hydrogen) atoms. The fourth-order valence-electron chi connectivity index (χ4n) is 2.87. The van der Waals surface area contributed by atoms with Crippen LogP contribution in [0.25, 0.3) is 6.08 Å². The maximum atomic E-state index is 13.1. The minimum absolute atomic E-state index is 0.222. The number of alkyl halides is 3. The zero-order chi connectivity index (χ0) is 24.7. The lowest BCUT2D eigenvalue weighted by molar-refractivity contribution is -0.137. The molecule has 3 aromatic carbocycles. The van der Waals surface area contributed by atoms with Crippen LogP contribution in [0.4, 0.5) is 18.9 Å². The molecule has 3 rings (SSSR count). The van der Waals surface area contributed by atoms with Gasteiger partial charge in [-0.25, -0.2) is 4.79 Å². The number of hydrogen-bond donors (Lipinski definition) is 1. The number of anilines is 1. The monoisotopic (exact) mass is 466 g/mol. The number of carbonyl (C=O) groups is 2. The zero-order valence-corrected chi connectivity index (χ0v) is 17.7. The molecule has 0 bridgehead atoms. The summed E-state index contributed by atoms with van der Waals surface area (Å²) in [6, 6.07) is 18.4. The fourth-order valence-corrected chi connectivity index (χ4v) is 2.87. The van der Waals surface area contributed by atoms with Crippen LogP contribution < -0.4 is 14.8 Å². The van der Waals surface area contributed by atoms with Crippen molar-refractivity contribution in [3.05, 3.63) is 95.1 Å². The van der Waals surface area contributed by atoms with Crippen molar-refractivity contribution in [1.82, 2.24) is 0 Å². The van der Waals surface area contributed by atoms with Crippen molar-refractivity contribution in [3.8, 4) is 17.6 Å². The van der Waals surface area contributed by atoms with Gasteiger partial charge in [-0.15, -0.1) is 0 Å². The fraction of sp³-hybridized carbons (Fsp3) is 0.0800. The van der Waals surface area contributed by atoms with Gasteiger partial charge in [0.2, 0.25) is 0 Å². The third kappa shape index (κ3) is 6.01. The first-order valence-corrected chi connectivity index (χ1v) is 9.77. The molecule has 0 aliphatic heterocycles. The molecule has 0 atom stereocenters. The van der Waals surface area contributed by atoms with Crippen molar-refractivity contribution in [2.75, 3.05) is 12.4 Å². The highest BCUT2D eigenvalue weighted by Gasteiger charge is 2.33. The lowest BCUT2D eigenvalue weighted by atomic mass is 10.1. The number of benzene rings is 3. The second-order valence-corrected chi connectivity index (χ2v) is 6.85. The summed E-state index contributed by atoms with van der Waals surface area (Å²) in [6.07, 6.45) is -3.46. The number of nitriles is 1. The van der Waals surface area contributed by atoms with Crippen LogP contribution in [0.5, 0.6) is 11.5 Å². The Morgan fingerprint density at radius 1 is 0.941 bits per heavy atom. The Balaban J connectivity index is 1.71. The van der Waals surface area contributed by atoms with Gasteiger partial charge in [-0.3, -0.25) is 4.79 Å². The molecule has 1 N–H and O–H groups in total. The molecule has 0 unspecified atom stereocenters. The summed E-state index contributed by atoms with van der Waals surface area (Å²) in [6.45, 7) is 0. The van der Waals surface area contributed by atoms with Crippen molar-refractivity contribution in [2.24, 2.45) is 0 Å². The van der Waals surface area contributed by atoms with E-state index in [1.165, 1.54) is 49.6 Å². The standard InChI is InChI=1S/C25H17F3N2O4/c1-33-19-12-8-17(9-13-19)24(32)34-20-10-6-16(7-11-20)14-18(15-29)23(31)30-22-5-3-2-4-21(22)25(26,27)28/h2-14H,1H3,(H,30,31)/b18-14-. The first-order chi connectivity index (χ1) is 16.2. The Kier molecular flexibility index (Phi) is 7.33. The van der Waals surface area contributed by atoms with Crippen LogP contribution in [-0.2, 0) is 11.0 Å². The Labute approximate surface area is 192 Å². The van der Waals surface area contributed by atoms with Crippen LogP contribution in [-0.4, -0.2) is 19.0 Å². The van der Waals surface area contributed by atoms with E-state index in [4.69, 9.17) is 9.47 Å². The Hall–Kier alpha value is -4.58. The SMILES string of the molecule is COc1ccc(C(=O)Oc2ccc(/C=C(/C#N)C(=O)Nc3ccccc3C(F)(F)F)cc2)cc1. The normalized spacial score (nSPS) is 11.3. The molecule has 3 aromatic rings. The summed E-state index contributed by atoms with van der Waals surface area (Å²) in [5.74, 6) is -0.771. The topological polar surface area (TPSA) is 88.4 Å². The Bertz CT molecular complexity index is 1260. The van der Waals surface area contributed by atoms with Crippen LogP contribution in [0.15, 0.2) is 78.4 Å². The molecule has 0 aliphatic rings. The number of halogens is 3. The summed E-state index contributed by atoms with van der Waals surface area (Å²) in [7, 11) is 1.51. The smallest absolute Gasteiger partial charge is 0.418 e. The number of methoxy groups -OCH3 is 1. The molecule has 1 amide bonds. The first kappa shape index (κ1) is 24.1. The molecule has 0 spiro atoms. The molecule has 0 radical (unpaired) electrons. The van der Waals surface area contributed by atoms with E-state index in [2.05, 4.69) is 5.32 Å². The van der Waals surface area contributed by atoms with Crippen LogP contribution in [0.2, 0.25) is 0 Å². The van der Waals surface area contributed by atoms with E-state index in [1.807, 2.05) is 0 Å². The van der Waals surface area contributed by atoms with Crippen molar-refractivity contribution < 1.29 is 32.2 Å². The van der Waals surface area contributed by atoms with E-state index in [0.29, 0.717) is 16.9 Å². The molecule has 6 nitrogen and oxygen atoms in total. The van der Waals surface area contributed by atoms with E-state index >= 15 is 0 Å². The predicted molar refractivity (Wildman–Crippen MR) is 118 cm³/mol. The quantitative estimate of drug-likeness (QED) is 0.225. The molecule has 9 heteroatoms. The van der Waals surface area contributed by atoms with Crippen LogP contribution >= 0.6 is 0 Å². The zero-order valence-electron chi connectivity index (χ0n) is 17.7. The minimum Gasteiger partial charge on any atom is -0.497 e. The Morgan fingerprint density at radius 3 is 2.15 bits per heavy atom. The maximum Gasteiger partial charge on any atom is 0.418 e. The number of carbonyl (C=O) groups excluding carboxylic acids is 2. The molecule has 0 saturated heterocycles. The highest BCUT2D eigenvalue weighted by atomic mass is 19.4. The van der Waals surface area contributed by atoms with Gasteiger partial charge < -0.3 is 14.8 Å². The average Bonchev–Trinajstić information content (AvgIpc) is 2.83. The van der Waals surface area contributed by atoms with Crippen molar-refractivity contribution in [1.29, 1.82) is 5.26 Å². The van der Waals surface area contributed by atoms with Crippen LogP contribution in [0, 0.1) is 11.3 Å². The van der Waals surface area contributed by atoms with Crippen molar-refractivity contribution in [2.45, 2.75) is 6.18 Å². The average molecular weight is 466 g/mol. The lowest BCUT2D eigenvalue weighted by Crippen LogP contribution is -2.17. The van der Waals surface area contributed by atoms with E-state index in [0.717, 1.165) is 12.1 Å². The van der Waals surface area contributed by atoms with Crippen molar-refractivity contribution >= 4 is 23.6 Å². The van der Waals surface area contributed by atoms with Gasteiger partial charge in [0.05, 0.1) is 23.9 Å². The number of nitrogens with zero attached hydrogens (tertiary/aromatic N) is 1. The van der Waals surface area contributed by atoms with E-state index < -0.39 is 34.9 Å². The second kappa shape index (κ2) is 10.4.